The van der Waals surface area contributed by atoms with Crippen LogP contribution in [-0.4, -0.2) is 30.2 Å². The molecule has 0 aliphatic rings. The third kappa shape index (κ3) is 4.76. The molecule has 1 heterocycles. The molecule has 7 nitrogen and oxygen atoms in total. The van der Waals surface area contributed by atoms with Crippen molar-refractivity contribution in [1.29, 1.82) is 0 Å². The van der Waals surface area contributed by atoms with Gasteiger partial charge in [-0.3, -0.25) is 0 Å². The molecule has 28 heavy (non-hydrogen) atoms. The van der Waals surface area contributed by atoms with Crippen molar-refractivity contribution in [2.24, 2.45) is 0 Å². The number of hydrogen-bond acceptors (Lipinski definition) is 7. The Morgan fingerprint density at radius 2 is 1.79 bits per heavy atom. The van der Waals surface area contributed by atoms with Crippen molar-refractivity contribution < 1.29 is 14.3 Å². The predicted molar refractivity (Wildman–Crippen MR) is 108 cm³/mol. The highest BCUT2D eigenvalue weighted by molar-refractivity contribution is 5.96. The zero-order chi connectivity index (χ0) is 19.9. The Morgan fingerprint density at radius 1 is 1.04 bits per heavy atom. The number of anilines is 3. The molecule has 2 aromatic carbocycles. The Morgan fingerprint density at radius 3 is 2.50 bits per heavy atom. The number of hydrogen-bond donors (Lipinski definition) is 2. The second kappa shape index (κ2) is 8.85. The van der Waals surface area contributed by atoms with Gasteiger partial charge in [0, 0.05) is 18.3 Å². The topological polar surface area (TPSA) is 85.4 Å². The molecule has 0 atom stereocenters. The lowest BCUT2D eigenvalue weighted by Crippen LogP contribution is -2.09. The maximum absolute atomic E-state index is 11.9. The van der Waals surface area contributed by atoms with E-state index in [9.17, 15) is 4.79 Å². The van der Waals surface area contributed by atoms with Crippen molar-refractivity contribution in [2.45, 2.75) is 13.5 Å². The normalized spacial score (nSPS) is 10.2. The molecule has 0 saturated carbocycles. The third-order valence-electron chi connectivity index (χ3n) is 4.07. The van der Waals surface area contributed by atoms with Gasteiger partial charge in [0.2, 0.25) is 5.95 Å². The summed E-state index contributed by atoms with van der Waals surface area (Å²) in [6.45, 7) is 2.50. The highest BCUT2D eigenvalue weighted by Crippen LogP contribution is 2.21. The lowest BCUT2D eigenvalue weighted by molar-refractivity contribution is 0.0602. The first-order valence-corrected chi connectivity index (χ1v) is 8.76. The summed E-state index contributed by atoms with van der Waals surface area (Å²) in [7, 11) is 2.99. The maximum Gasteiger partial charge on any atom is 0.339 e. The van der Waals surface area contributed by atoms with Crippen LogP contribution < -0.4 is 15.4 Å². The molecule has 0 unspecified atom stereocenters. The Labute approximate surface area is 163 Å². The number of aromatic nitrogens is 2. The Hall–Kier alpha value is -3.61. The second-order valence-electron chi connectivity index (χ2n) is 6.08. The quantitative estimate of drug-likeness (QED) is 0.602. The first kappa shape index (κ1) is 19.2. The average molecular weight is 378 g/mol. The summed E-state index contributed by atoms with van der Waals surface area (Å²) in [6, 6.07) is 16.7. The van der Waals surface area contributed by atoms with Gasteiger partial charge in [-0.2, -0.15) is 4.98 Å². The smallest absolute Gasteiger partial charge is 0.339 e. The van der Waals surface area contributed by atoms with Crippen LogP contribution in [-0.2, 0) is 11.3 Å². The fraction of sp³-hybridized carbons (Fsp3) is 0.190. The van der Waals surface area contributed by atoms with Gasteiger partial charge in [0.05, 0.1) is 25.5 Å². The number of ether oxygens (including phenoxy) is 2. The summed E-state index contributed by atoms with van der Waals surface area (Å²) in [6.07, 6.45) is 0. The Bertz CT molecular complexity index is 958. The van der Waals surface area contributed by atoms with Gasteiger partial charge < -0.3 is 20.1 Å². The SMILES string of the molecule is COC(=O)c1ccccc1Nc1nc(C)cc(NCc2ccc(OC)cc2)n1. The van der Waals surface area contributed by atoms with Gasteiger partial charge in [-0.05, 0) is 36.8 Å². The van der Waals surface area contributed by atoms with E-state index in [1.54, 1.807) is 25.3 Å². The lowest BCUT2D eigenvalue weighted by Gasteiger charge is -2.12. The van der Waals surface area contributed by atoms with Gasteiger partial charge in [-0.15, -0.1) is 0 Å². The highest BCUT2D eigenvalue weighted by Gasteiger charge is 2.12. The number of esters is 1. The van der Waals surface area contributed by atoms with E-state index < -0.39 is 5.97 Å². The number of nitrogens with zero attached hydrogens (tertiary/aromatic N) is 2. The van der Waals surface area contributed by atoms with E-state index in [-0.39, 0.29) is 0 Å². The molecule has 0 aliphatic heterocycles. The van der Waals surface area contributed by atoms with Crippen molar-refractivity contribution in [3.05, 3.63) is 71.4 Å². The first-order chi connectivity index (χ1) is 13.6. The van der Waals surface area contributed by atoms with Crippen LogP contribution in [0.15, 0.2) is 54.6 Å². The first-order valence-electron chi connectivity index (χ1n) is 8.76. The third-order valence-corrected chi connectivity index (χ3v) is 4.07. The number of carbonyl (C=O) groups excluding carboxylic acids is 1. The van der Waals surface area contributed by atoms with E-state index >= 15 is 0 Å². The Kier molecular flexibility index (Phi) is 6.06. The molecule has 0 radical (unpaired) electrons. The van der Waals surface area contributed by atoms with E-state index in [1.807, 2.05) is 43.3 Å². The number of nitrogens with one attached hydrogen (secondary N) is 2. The zero-order valence-electron chi connectivity index (χ0n) is 16.0. The van der Waals surface area contributed by atoms with Crippen molar-refractivity contribution in [1.82, 2.24) is 9.97 Å². The summed E-state index contributed by atoms with van der Waals surface area (Å²) in [5.74, 6) is 1.47. The lowest BCUT2D eigenvalue weighted by atomic mass is 10.2. The largest absolute Gasteiger partial charge is 0.497 e. The molecule has 0 spiro atoms. The van der Waals surface area contributed by atoms with Gasteiger partial charge >= 0.3 is 5.97 Å². The molecule has 0 fully saturated rings. The van der Waals surface area contributed by atoms with E-state index in [2.05, 4.69) is 20.6 Å². The molecule has 0 bridgehead atoms. The number of para-hydroxylation sites is 1. The van der Waals surface area contributed by atoms with Gasteiger partial charge in [0.15, 0.2) is 0 Å². The summed E-state index contributed by atoms with van der Waals surface area (Å²) in [5.41, 5.74) is 2.90. The molecule has 2 N–H and O–H groups in total. The molecular formula is C21H22N4O3. The van der Waals surface area contributed by atoms with Crippen LogP contribution in [0.4, 0.5) is 17.5 Å². The monoisotopic (exact) mass is 378 g/mol. The number of methoxy groups -OCH3 is 2. The summed E-state index contributed by atoms with van der Waals surface area (Å²) >= 11 is 0. The van der Waals surface area contributed by atoms with Gasteiger partial charge in [-0.1, -0.05) is 24.3 Å². The standard InChI is InChI=1S/C21H22N4O3/c1-14-12-19(22-13-15-8-10-16(27-2)11-9-15)25-21(23-14)24-18-7-5-4-6-17(18)20(26)28-3/h4-12H,13H2,1-3H3,(H2,22,23,24,25). The molecule has 3 rings (SSSR count). The van der Waals surface area contributed by atoms with E-state index in [4.69, 9.17) is 9.47 Å². The molecule has 0 amide bonds. The van der Waals surface area contributed by atoms with Crippen LogP contribution in [0.3, 0.4) is 0 Å². The van der Waals surface area contributed by atoms with Crippen molar-refractivity contribution in [2.75, 3.05) is 24.9 Å². The molecule has 0 aliphatic carbocycles. The summed E-state index contributed by atoms with van der Waals surface area (Å²) in [4.78, 5) is 20.8. The van der Waals surface area contributed by atoms with Crippen molar-refractivity contribution >= 4 is 23.4 Å². The fourth-order valence-corrected chi connectivity index (χ4v) is 2.65. The highest BCUT2D eigenvalue weighted by atomic mass is 16.5. The minimum atomic E-state index is -0.423. The number of rotatable bonds is 7. The van der Waals surface area contributed by atoms with E-state index in [0.717, 1.165) is 17.0 Å². The zero-order valence-corrected chi connectivity index (χ0v) is 16.0. The molecular weight excluding hydrogens is 356 g/mol. The molecule has 144 valence electrons. The minimum absolute atomic E-state index is 0.397. The van der Waals surface area contributed by atoms with Gasteiger partial charge in [0.25, 0.3) is 0 Å². The van der Waals surface area contributed by atoms with Gasteiger partial charge in [0.1, 0.15) is 11.6 Å². The van der Waals surface area contributed by atoms with E-state index in [0.29, 0.717) is 29.6 Å². The van der Waals surface area contributed by atoms with E-state index in [1.165, 1.54) is 7.11 Å². The second-order valence-corrected chi connectivity index (χ2v) is 6.08. The summed E-state index contributed by atoms with van der Waals surface area (Å²) in [5, 5.41) is 6.39. The number of benzene rings is 2. The molecule has 3 aromatic rings. The Balaban J connectivity index is 1.75. The summed E-state index contributed by atoms with van der Waals surface area (Å²) < 4.78 is 10.00. The van der Waals surface area contributed by atoms with Crippen LogP contribution in [0.5, 0.6) is 5.75 Å². The fourth-order valence-electron chi connectivity index (χ4n) is 2.65. The van der Waals surface area contributed by atoms with Crippen LogP contribution >= 0.6 is 0 Å². The number of aryl methyl sites for hydroxylation is 1. The molecule has 0 saturated heterocycles. The molecule has 7 heteroatoms. The van der Waals surface area contributed by atoms with Crippen LogP contribution in [0.2, 0.25) is 0 Å². The van der Waals surface area contributed by atoms with Crippen LogP contribution in [0, 0.1) is 6.92 Å². The van der Waals surface area contributed by atoms with Crippen LogP contribution in [0.1, 0.15) is 21.6 Å². The average Bonchev–Trinajstić information content (AvgIpc) is 2.72. The number of carbonyl (C=O) groups is 1. The molecule has 1 aromatic heterocycles. The van der Waals surface area contributed by atoms with Crippen LogP contribution in [0.25, 0.3) is 0 Å². The maximum atomic E-state index is 11.9. The van der Waals surface area contributed by atoms with Crippen molar-refractivity contribution in [3.8, 4) is 5.75 Å². The van der Waals surface area contributed by atoms with Crippen molar-refractivity contribution in [3.63, 3.8) is 0 Å². The minimum Gasteiger partial charge on any atom is -0.497 e. The predicted octanol–water partition coefficient (Wildman–Crippen LogP) is 3.94. The van der Waals surface area contributed by atoms with Gasteiger partial charge in [-0.25, -0.2) is 9.78 Å².